The van der Waals surface area contributed by atoms with Crippen LogP contribution < -0.4 is 5.73 Å². The number of aliphatic hydroxyl groups is 1. The van der Waals surface area contributed by atoms with E-state index in [1.54, 1.807) is 11.8 Å². The number of fused-ring (bicyclic) bond motifs is 1. The largest absolute Gasteiger partial charge is 0.388 e. The number of nitrogens with two attached hydrogens (primary N) is 1. The molecular weight excluding hydrogens is 244 g/mol. The minimum atomic E-state index is -0.318. The second-order valence-electron chi connectivity index (χ2n) is 5.10. The van der Waals surface area contributed by atoms with Gasteiger partial charge in [-0.3, -0.25) is 4.99 Å². The number of hydrogen-bond acceptors (Lipinski definition) is 4. The van der Waals surface area contributed by atoms with E-state index in [4.69, 9.17) is 5.73 Å². The fourth-order valence-electron chi connectivity index (χ4n) is 2.94. The van der Waals surface area contributed by atoms with Gasteiger partial charge in [0.05, 0.1) is 12.1 Å². The summed E-state index contributed by atoms with van der Waals surface area (Å²) in [5.74, 6) is 1.51. The predicted octanol–water partition coefficient (Wildman–Crippen LogP) is 2.10. The molecule has 1 heterocycles. The van der Waals surface area contributed by atoms with Crippen LogP contribution in [0.2, 0.25) is 0 Å². The topological polar surface area (TPSA) is 58.6 Å². The lowest BCUT2D eigenvalue weighted by molar-refractivity contribution is 0.160. The average molecular weight is 262 g/mol. The van der Waals surface area contributed by atoms with Crippen molar-refractivity contribution in [3.8, 4) is 0 Å². The van der Waals surface area contributed by atoms with Gasteiger partial charge in [0.1, 0.15) is 0 Å². The van der Waals surface area contributed by atoms with Crippen LogP contribution in [0, 0.1) is 5.92 Å². The molecular formula is C14H18N2OS. The van der Waals surface area contributed by atoms with E-state index in [1.807, 2.05) is 12.1 Å². The molecule has 96 valence electrons. The minimum absolute atomic E-state index is 0.318. The first-order valence-electron chi connectivity index (χ1n) is 6.46. The Morgan fingerprint density at radius 2 is 2.11 bits per heavy atom. The van der Waals surface area contributed by atoms with Crippen LogP contribution in [0.25, 0.3) is 0 Å². The lowest BCUT2D eigenvalue weighted by atomic mass is 9.91. The summed E-state index contributed by atoms with van der Waals surface area (Å²) in [6.07, 6.45) is 2.55. The van der Waals surface area contributed by atoms with Gasteiger partial charge in [-0.15, -0.1) is 0 Å². The van der Waals surface area contributed by atoms with E-state index < -0.39 is 0 Å². The first-order valence-corrected chi connectivity index (χ1v) is 7.44. The Labute approximate surface area is 111 Å². The average Bonchev–Trinajstić information content (AvgIpc) is 2.73. The van der Waals surface area contributed by atoms with Crippen LogP contribution in [-0.2, 0) is 6.42 Å². The highest BCUT2D eigenvalue weighted by Crippen LogP contribution is 2.35. The van der Waals surface area contributed by atoms with Gasteiger partial charge in [-0.25, -0.2) is 0 Å². The number of aliphatic imine (C=N–C) groups is 1. The number of aliphatic hydroxyl groups excluding tert-OH is 1. The number of rotatable bonds is 1. The van der Waals surface area contributed by atoms with E-state index in [9.17, 15) is 5.11 Å². The number of amidine groups is 1. The van der Waals surface area contributed by atoms with Crippen LogP contribution >= 0.6 is 11.8 Å². The lowest BCUT2D eigenvalue weighted by Crippen LogP contribution is -2.21. The Hall–Kier alpha value is -1.00. The van der Waals surface area contributed by atoms with E-state index >= 15 is 0 Å². The summed E-state index contributed by atoms with van der Waals surface area (Å²) in [5.41, 5.74) is 8.13. The molecule has 0 aromatic heterocycles. The minimum Gasteiger partial charge on any atom is -0.388 e. The molecule has 3 N–H and O–H groups in total. The summed E-state index contributed by atoms with van der Waals surface area (Å²) in [6.45, 7) is 0. The van der Waals surface area contributed by atoms with Gasteiger partial charge in [0.15, 0.2) is 5.17 Å². The lowest BCUT2D eigenvalue weighted by Gasteiger charge is -2.18. The van der Waals surface area contributed by atoms with Gasteiger partial charge in [0, 0.05) is 5.75 Å². The molecule has 0 saturated carbocycles. The van der Waals surface area contributed by atoms with Crippen LogP contribution in [0.1, 0.15) is 30.1 Å². The molecule has 3 nitrogen and oxygen atoms in total. The van der Waals surface area contributed by atoms with E-state index in [0.29, 0.717) is 12.0 Å². The first-order chi connectivity index (χ1) is 8.74. The van der Waals surface area contributed by atoms with E-state index in [2.05, 4.69) is 17.1 Å². The number of nitrogens with zero attached hydrogens (tertiary/aromatic N) is 1. The van der Waals surface area contributed by atoms with Gasteiger partial charge in [-0.2, -0.15) is 0 Å². The highest BCUT2D eigenvalue weighted by Gasteiger charge is 2.30. The van der Waals surface area contributed by atoms with Crippen molar-refractivity contribution in [2.75, 3.05) is 5.75 Å². The zero-order chi connectivity index (χ0) is 12.5. The maximum absolute atomic E-state index is 10.2. The molecule has 3 rings (SSSR count). The van der Waals surface area contributed by atoms with E-state index in [1.165, 1.54) is 5.56 Å². The molecule has 1 aliphatic carbocycles. The predicted molar refractivity (Wildman–Crippen MR) is 75.7 cm³/mol. The molecule has 1 aromatic carbocycles. The highest BCUT2D eigenvalue weighted by atomic mass is 32.2. The number of benzene rings is 1. The van der Waals surface area contributed by atoms with Crippen molar-refractivity contribution in [2.45, 2.75) is 31.4 Å². The smallest absolute Gasteiger partial charge is 0.154 e. The van der Waals surface area contributed by atoms with Crippen molar-refractivity contribution in [2.24, 2.45) is 16.6 Å². The molecule has 2 aliphatic rings. The standard InChI is InChI=1S/C14H18N2OS/c15-14-16-12(8-18-14)10-5-6-13(17)11-4-2-1-3-9(11)7-10/h1-4,10,12-13,17H,5-8H2,(H2,15,16). The van der Waals surface area contributed by atoms with Crippen LogP contribution in [0.5, 0.6) is 0 Å². The maximum Gasteiger partial charge on any atom is 0.154 e. The van der Waals surface area contributed by atoms with Crippen molar-refractivity contribution in [3.05, 3.63) is 35.4 Å². The summed E-state index contributed by atoms with van der Waals surface area (Å²) in [5, 5.41) is 10.9. The van der Waals surface area contributed by atoms with Gasteiger partial charge in [0.25, 0.3) is 0 Å². The number of thioether (sulfide) groups is 1. The molecule has 4 heteroatoms. The third kappa shape index (κ3) is 2.27. The SMILES string of the molecule is NC1=NC(C2CCC(O)c3ccccc3C2)CS1. The maximum atomic E-state index is 10.2. The summed E-state index contributed by atoms with van der Waals surface area (Å²) >= 11 is 1.65. The van der Waals surface area contributed by atoms with Gasteiger partial charge in [-0.05, 0) is 36.3 Å². The van der Waals surface area contributed by atoms with Crippen molar-refractivity contribution < 1.29 is 5.11 Å². The van der Waals surface area contributed by atoms with Gasteiger partial charge >= 0.3 is 0 Å². The fourth-order valence-corrected chi connectivity index (χ4v) is 3.83. The zero-order valence-electron chi connectivity index (χ0n) is 10.2. The third-order valence-electron chi connectivity index (χ3n) is 3.95. The molecule has 3 atom stereocenters. The Morgan fingerprint density at radius 1 is 1.28 bits per heavy atom. The Kier molecular flexibility index (Phi) is 3.31. The monoisotopic (exact) mass is 262 g/mol. The molecule has 0 amide bonds. The van der Waals surface area contributed by atoms with Crippen molar-refractivity contribution in [3.63, 3.8) is 0 Å². The molecule has 0 saturated heterocycles. The molecule has 1 aromatic rings. The second-order valence-corrected chi connectivity index (χ2v) is 6.14. The summed E-state index contributed by atoms with van der Waals surface area (Å²) in [6, 6.07) is 8.56. The Morgan fingerprint density at radius 3 is 2.89 bits per heavy atom. The molecule has 0 radical (unpaired) electrons. The molecule has 0 spiro atoms. The Bertz CT molecular complexity index is 475. The normalized spacial score (nSPS) is 31.6. The Balaban J connectivity index is 1.85. The van der Waals surface area contributed by atoms with Gasteiger partial charge < -0.3 is 10.8 Å². The van der Waals surface area contributed by atoms with Crippen LogP contribution in [0.3, 0.4) is 0 Å². The summed E-state index contributed by atoms with van der Waals surface area (Å²) < 4.78 is 0. The molecule has 1 aliphatic heterocycles. The fraction of sp³-hybridized carbons (Fsp3) is 0.500. The van der Waals surface area contributed by atoms with E-state index in [-0.39, 0.29) is 6.10 Å². The van der Waals surface area contributed by atoms with Crippen LogP contribution in [0.4, 0.5) is 0 Å². The molecule has 0 fully saturated rings. The van der Waals surface area contributed by atoms with Crippen LogP contribution in [0.15, 0.2) is 29.3 Å². The highest BCUT2D eigenvalue weighted by molar-refractivity contribution is 8.14. The van der Waals surface area contributed by atoms with Crippen molar-refractivity contribution in [1.82, 2.24) is 0 Å². The quantitative estimate of drug-likeness (QED) is 0.762. The van der Waals surface area contributed by atoms with Gasteiger partial charge in [0.2, 0.25) is 0 Å². The van der Waals surface area contributed by atoms with E-state index in [0.717, 1.165) is 35.7 Å². The van der Waals surface area contributed by atoms with Crippen molar-refractivity contribution >= 4 is 16.9 Å². The number of hydrogen-bond donors (Lipinski definition) is 2. The first kappa shape index (κ1) is 12.1. The van der Waals surface area contributed by atoms with Crippen LogP contribution in [-0.4, -0.2) is 22.1 Å². The summed E-state index contributed by atoms with van der Waals surface area (Å²) in [4.78, 5) is 4.53. The molecule has 0 bridgehead atoms. The second kappa shape index (κ2) is 4.94. The van der Waals surface area contributed by atoms with Crippen molar-refractivity contribution in [1.29, 1.82) is 0 Å². The third-order valence-corrected chi connectivity index (χ3v) is 4.86. The molecule has 3 unspecified atom stereocenters. The molecule has 18 heavy (non-hydrogen) atoms. The zero-order valence-corrected chi connectivity index (χ0v) is 11.1. The summed E-state index contributed by atoms with van der Waals surface area (Å²) in [7, 11) is 0. The van der Waals surface area contributed by atoms with Gasteiger partial charge in [-0.1, -0.05) is 36.0 Å².